The Balaban J connectivity index is 0.000000121. The molecule has 10 aliphatic rings. The highest BCUT2D eigenvalue weighted by Crippen LogP contribution is 2.48. The first-order valence-corrected chi connectivity index (χ1v) is 58.2. The molecule has 147 heavy (non-hydrogen) atoms. The van der Waals surface area contributed by atoms with Crippen molar-refractivity contribution in [2.24, 2.45) is 70.3 Å². The molecule has 22 rings (SSSR count). The van der Waals surface area contributed by atoms with Crippen LogP contribution in [0.2, 0.25) is 0 Å². The van der Waals surface area contributed by atoms with E-state index in [1.54, 1.807) is 68.0 Å². The third-order valence-electron chi connectivity index (χ3n) is 29.3. The maximum Gasteiger partial charge on any atom is 0.141 e. The number of thiophene rings is 6. The van der Waals surface area contributed by atoms with Crippen molar-refractivity contribution in [1.82, 2.24) is 30.2 Å². The maximum absolute atomic E-state index is 6.18. The fourth-order valence-electron chi connectivity index (χ4n) is 21.5. The number of nitrogens with zero attached hydrogens (tertiary/aromatic N) is 15. The van der Waals surface area contributed by atoms with Gasteiger partial charge in [-0.3, -0.25) is 0 Å². The summed E-state index contributed by atoms with van der Waals surface area (Å²) in [5.74, 6) is 4.60. The molecule has 16 heterocycles. The van der Waals surface area contributed by atoms with Crippen LogP contribution in [0.5, 0.6) is 0 Å². The normalized spacial score (nSPS) is 18.6. The predicted octanol–water partition coefficient (Wildman–Crippen LogP) is 21.9. The monoisotopic (exact) mass is 2080 g/mol. The van der Waals surface area contributed by atoms with E-state index < -0.39 is 0 Å². The summed E-state index contributed by atoms with van der Waals surface area (Å²) < 4.78 is 0. The second-order valence-corrected chi connectivity index (χ2v) is 45.6. The number of likely N-dealkylation sites (tertiary alicyclic amines) is 3. The van der Waals surface area contributed by atoms with E-state index in [9.17, 15) is 0 Å². The number of benzene rings is 6. The Labute approximate surface area is 895 Å². The van der Waals surface area contributed by atoms with Gasteiger partial charge in [0.15, 0.2) is 0 Å². The number of nitrogens with one attached hydrogen (secondary N) is 3. The molecule has 0 bridgehead atoms. The molecule has 774 valence electrons. The Morgan fingerprint density at radius 3 is 1.17 bits per heavy atom. The van der Waals surface area contributed by atoms with E-state index in [-0.39, 0.29) is 0 Å². The minimum Gasteiger partial charge on any atom is -0.383 e. The van der Waals surface area contributed by atoms with Crippen LogP contribution in [-0.2, 0) is 32.1 Å². The predicted molar refractivity (Wildman–Crippen MR) is 634 cm³/mol. The second-order valence-electron chi connectivity index (χ2n) is 39.9. The lowest BCUT2D eigenvalue weighted by molar-refractivity contribution is 0.208. The van der Waals surface area contributed by atoms with E-state index in [0.29, 0.717) is 52.9 Å². The largest absolute Gasteiger partial charge is 0.383 e. The van der Waals surface area contributed by atoms with E-state index in [1.807, 2.05) is 118 Å². The van der Waals surface area contributed by atoms with Crippen molar-refractivity contribution in [3.05, 3.63) is 301 Å². The molecule has 30 heteroatoms. The minimum atomic E-state index is 0.377. The highest BCUT2D eigenvalue weighted by molar-refractivity contribution is 7.13. The number of aryl methyl sites for hydroxylation is 5. The van der Waals surface area contributed by atoms with Gasteiger partial charge in [-0.2, -0.15) is 0 Å². The molecule has 2 atom stereocenters. The quantitative estimate of drug-likeness (QED) is 0.0180. The number of piperidine rings is 1. The number of aliphatic imine (C=N–C) groups is 6. The van der Waals surface area contributed by atoms with Crippen LogP contribution >= 0.6 is 68.0 Å². The second kappa shape index (κ2) is 53.5. The van der Waals surface area contributed by atoms with Gasteiger partial charge in [0.1, 0.15) is 35.0 Å². The Kier molecular flexibility index (Phi) is 38.8. The van der Waals surface area contributed by atoms with Crippen LogP contribution in [0.4, 0.5) is 68.2 Å². The molecular weight excluding hydrogens is 1930 g/mol. The van der Waals surface area contributed by atoms with Gasteiger partial charge in [-0.1, -0.05) is 49.6 Å². The summed E-state index contributed by atoms with van der Waals surface area (Å²) in [7, 11) is 8.45. The molecule has 2 unspecified atom stereocenters. The van der Waals surface area contributed by atoms with Crippen molar-refractivity contribution in [3.63, 3.8) is 0 Å². The fraction of sp³-hybridized carbons (Fsp3) is 0.402. The first-order valence-electron chi connectivity index (χ1n) is 53.0. The summed E-state index contributed by atoms with van der Waals surface area (Å²) >= 11 is 9.73. The van der Waals surface area contributed by atoms with Crippen LogP contribution in [0.1, 0.15) is 165 Å². The van der Waals surface area contributed by atoms with Gasteiger partial charge in [0, 0.05) is 143 Å². The number of fused-ring (bicyclic) bond motifs is 6. The van der Waals surface area contributed by atoms with Gasteiger partial charge in [-0.05, 0) is 420 Å². The standard InChI is InChI=1S/C22H28N4S.C21H28N4S.C20H24N4S.C19H26N4S.C18H22N4S.C17H22N4S/c1-17-6-4-7-18-16-19(24-22(23)21-8-5-15-27-21)9-10-20(18)26(17)14-13-25-11-2-3-12-25;22-21(20-7-5-15-26-20)23-18-8-9-19-17(16-18)6-1-2-12-25(19)14-13-24-10-3-4-11-24;1-13-19(14-7-9-24(2)10-8-14)16-12-15(5-6-17(16)22-13)23-20(21)18-4-3-11-25-18;1-22(2)11-12-23-10-4-3-6-15-14-16(8-9-17(15)23)21-19(20)18-7-5-13-24-18;19-18(17-4-2-10-23-17)21-14-5-6-16-13(11-14)3-1-9-22(16)15-7-8-20-12-15;1-19-8-10-21-9-2-4-13-12-14(6-7-15(13)21)20-17(18)16-5-3-11-22-16/h5,8-10,15-16H,1-4,6-7,11-14H2,(H2,23,24);5,7-9,15-16H,1-4,6,10-14H2,(H2,22,23);3-6,11-12,14,19,22H,1,7-10H2,2H3,(H2,21,23);5,7-9,13-14H,3-4,6,10-12H2,1-2H3,(H2,20,21);2,4-6,10-11,15,20H,1,3,7-9,12H2,(H2,19,21);3,5-7,11-12,19H,2,4,8-10H2,1H3,(H2,18,20). The van der Waals surface area contributed by atoms with Crippen LogP contribution in [0.25, 0.3) is 0 Å². The summed E-state index contributed by atoms with van der Waals surface area (Å²) in [6.07, 6.45) is 24.3. The maximum atomic E-state index is 6.18. The van der Waals surface area contributed by atoms with Gasteiger partial charge in [0.2, 0.25) is 0 Å². The van der Waals surface area contributed by atoms with Crippen LogP contribution in [0.15, 0.2) is 269 Å². The molecule has 0 amide bonds. The Hall–Kier alpha value is -11.6. The zero-order valence-corrected chi connectivity index (χ0v) is 91.2. The number of rotatable bonds is 26. The van der Waals surface area contributed by atoms with Gasteiger partial charge in [0.25, 0.3) is 0 Å². The van der Waals surface area contributed by atoms with Crippen molar-refractivity contribution in [2.45, 2.75) is 140 Å². The molecule has 0 aliphatic carbocycles. The van der Waals surface area contributed by atoms with Crippen LogP contribution in [0.3, 0.4) is 0 Å². The Bertz CT molecular complexity index is 6390. The number of amidine groups is 6. The summed E-state index contributed by atoms with van der Waals surface area (Å²) in [5.41, 5.74) is 61.1. The van der Waals surface area contributed by atoms with E-state index in [2.05, 4.69) is 227 Å². The smallest absolute Gasteiger partial charge is 0.141 e. The summed E-state index contributed by atoms with van der Waals surface area (Å²) in [6, 6.07) is 63.6. The molecule has 0 spiro atoms. The molecule has 15 N–H and O–H groups in total. The molecule has 24 nitrogen and oxygen atoms in total. The van der Waals surface area contributed by atoms with Gasteiger partial charge < -0.3 is 94.5 Å². The van der Waals surface area contributed by atoms with Crippen LogP contribution < -0.4 is 74.9 Å². The number of likely N-dealkylation sites (N-methyl/N-ethyl adjacent to an activating group) is 2. The van der Waals surface area contributed by atoms with Crippen molar-refractivity contribution in [3.8, 4) is 0 Å². The number of nitrogens with two attached hydrogens (primary N) is 6. The van der Waals surface area contributed by atoms with Crippen LogP contribution in [0, 0.1) is 5.92 Å². The third kappa shape index (κ3) is 29.5. The van der Waals surface area contributed by atoms with Gasteiger partial charge in [-0.15, -0.1) is 68.0 Å². The molecule has 6 aromatic heterocycles. The molecular formula is C117H150N24S6. The first-order chi connectivity index (χ1) is 71.8. The highest BCUT2D eigenvalue weighted by Gasteiger charge is 2.36. The van der Waals surface area contributed by atoms with Crippen molar-refractivity contribution in [2.75, 3.05) is 189 Å². The summed E-state index contributed by atoms with van der Waals surface area (Å²) in [4.78, 5) is 56.2. The summed E-state index contributed by atoms with van der Waals surface area (Å²) in [6.45, 7) is 31.5. The molecule has 0 saturated carbocycles. The number of allylic oxidation sites excluding steroid dienone is 2. The average Bonchev–Trinajstić information content (AvgIpc) is 1.64. The first kappa shape index (κ1) is 107. The van der Waals surface area contributed by atoms with Crippen molar-refractivity contribution in [1.29, 1.82) is 0 Å². The Morgan fingerprint density at radius 2 is 0.748 bits per heavy atom. The molecule has 10 aliphatic heterocycles. The van der Waals surface area contributed by atoms with E-state index in [4.69, 9.17) is 34.4 Å². The third-order valence-corrected chi connectivity index (χ3v) is 34.6. The fourth-order valence-corrected chi connectivity index (χ4v) is 25.2. The SMILES string of the molecule is C=C1CCCc2cc(N=C(N)c3cccs3)ccc2N1CCN1CCCC1.C=C1Nc2ccc(N=C(N)c3cccs3)cc2C1C1CCN(C)CC1.CN(C)CCN1CCCCc2cc(N=C(N)c3cccs3)ccc21.CNCCN1CCCc2cc(N=C(N)c3cccs3)ccc21.NC(=Nc1ccc2c(c1)CCCCN2CCN1CCCC1)c1cccs1.NC(=Nc1ccc2c(c1)CCCN2C1CCNC1)c1cccs1. The lowest BCUT2D eigenvalue weighted by Crippen LogP contribution is -2.40. The van der Waals surface area contributed by atoms with Crippen molar-refractivity contribution < 1.29 is 0 Å². The molecule has 4 saturated heterocycles. The van der Waals surface area contributed by atoms with Crippen LogP contribution in [-0.4, -0.2) is 220 Å². The number of hydrogen-bond donors (Lipinski definition) is 9. The molecule has 6 aromatic carbocycles. The molecule has 12 aromatic rings. The Morgan fingerprint density at radius 1 is 0.381 bits per heavy atom. The summed E-state index contributed by atoms with van der Waals surface area (Å²) in [5, 5.41) is 22.3. The number of hydrogen-bond acceptors (Lipinski definition) is 24. The van der Waals surface area contributed by atoms with E-state index in [1.165, 1.54) is 202 Å². The molecule has 4 fully saturated rings. The van der Waals surface area contributed by atoms with Gasteiger partial charge in [-0.25, -0.2) is 30.0 Å². The topological polar surface area (TPSA) is 296 Å². The zero-order chi connectivity index (χ0) is 102. The van der Waals surface area contributed by atoms with E-state index >= 15 is 0 Å². The average molecular weight is 2090 g/mol. The van der Waals surface area contributed by atoms with Gasteiger partial charge in [0.05, 0.1) is 63.4 Å². The van der Waals surface area contributed by atoms with Gasteiger partial charge >= 0.3 is 0 Å². The lowest BCUT2D eigenvalue weighted by atomic mass is 9.80. The number of anilines is 6. The van der Waals surface area contributed by atoms with E-state index in [0.717, 1.165) is 199 Å². The molecule has 0 radical (unpaired) electrons. The highest BCUT2D eigenvalue weighted by atomic mass is 32.1. The van der Waals surface area contributed by atoms with Crippen molar-refractivity contribution >= 4 is 171 Å². The lowest BCUT2D eigenvalue weighted by Gasteiger charge is -2.36. The minimum absolute atomic E-state index is 0.377. The zero-order valence-electron chi connectivity index (χ0n) is 86.3.